The van der Waals surface area contributed by atoms with Crippen LogP contribution in [0.5, 0.6) is 0 Å². The molecular formula is C20H25N5O. The predicted octanol–water partition coefficient (Wildman–Crippen LogP) is 2.79. The number of fused-ring (bicyclic) bond motifs is 1. The predicted molar refractivity (Wildman–Crippen MR) is 101 cm³/mol. The second-order valence-corrected chi connectivity index (χ2v) is 7.28. The van der Waals surface area contributed by atoms with Gasteiger partial charge in [0, 0.05) is 31.7 Å². The Labute approximate surface area is 153 Å². The molecule has 0 aliphatic carbocycles. The van der Waals surface area contributed by atoms with E-state index in [1.165, 1.54) is 0 Å². The van der Waals surface area contributed by atoms with Crippen LogP contribution >= 0.6 is 0 Å². The van der Waals surface area contributed by atoms with E-state index in [0.717, 1.165) is 54.2 Å². The van der Waals surface area contributed by atoms with Gasteiger partial charge in [0.2, 0.25) is 5.91 Å². The third-order valence-corrected chi connectivity index (χ3v) is 5.35. The van der Waals surface area contributed by atoms with Crippen LogP contribution in [0, 0.1) is 13.8 Å². The van der Waals surface area contributed by atoms with Gasteiger partial charge in [-0.05, 0) is 44.9 Å². The van der Waals surface area contributed by atoms with E-state index in [9.17, 15) is 4.79 Å². The third-order valence-electron chi connectivity index (χ3n) is 5.35. The van der Waals surface area contributed by atoms with E-state index in [4.69, 9.17) is 4.98 Å². The van der Waals surface area contributed by atoms with Crippen molar-refractivity contribution in [1.29, 1.82) is 0 Å². The van der Waals surface area contributed by atoms with Crippen molar-refractivity contribution >= 4 is 16.9 Å². The monoisotopic (exact) mass is 351 g/mol. The van der Waals surface area contributed by atoms with Crippen molar-refractivity contribution in [2.24, 2.45) is 7.05 Å². The second kappa shape index (κ2) is 6.59. The summed E-state index contributed by atoms with van der Waals surface area (Å²) in [7, 11) is 2.07. The number of aromatic nitrogens is 4. The number of imidazole rings is 1. The highest BCUT2D eigenvalue weighted by Gasteiger charge is 2.28. The third kappa shape index (κ3) is 3.00. The van der Waals surface area contributed by atoms with Crippen LogP contribution in [-0.4, -0.2) is 43.2 Å². The number of carbonyl (C=O) groups excluding carboxylic acids is 1. The average molecular weight is 351 g/mol. The fraction of sp³-hybridized carbons (Fsp3) is 0.450. The first-order valence-corrected chi connectivity index (χ1v) is 9.23. The molecule has 1 fully saturated rings. The van der Waals surface area contributed by atoms with Crippen molar-refractivity contribution < 1.29 is 4.79 Å². The summed E-state index contributed by atoms with van der Waals surface area (Å²) < 4.78 is 3.98. The molecule has 1 unspecified atom stereocenters. The minimum atomic E-state index is 0.139. The van der Waals surface area contributed by atoms with Gasteiger partial charge in [-0.1, -0.05) is 12.1 Å². The number of carbonyl (C=O) groups is 1. The van der Waals surface area contributed by atoms with Gasteiger partial charge in [0.1, 0.15) is 12.4 Å². The Morgan fingerprint density at radius 3 is 2.81 bits per heavy atom. The standard InChI is InChI=1S/C20H25N5O/c1-14-11-15(2)25(22-14)13-19(26)24-10-6-7-16(12-24)20-21-17-8-4-5-9-18(17)23(20)3/h4-5,8-9,11,16H,6-7,10,12-13H2,1-3H3. The Bertz CT molecular complexity index is 954. The SMILES string of the molecule is Cc1cc(C)n(CC(=O)N2CCCC(c3nc4ccccc4n3C)C2)n1. The zero-order valence-electron chi connectivity index (χ0n) is 15.6. The molecule has 0 N–H and O–H groups in total. The van der Waals surface area contributed by atoms with Gasteiger partial charge in [0.15, 0.2) is 0 Å². The Kier molecular flexibility index (Phi) is 4.26. The molecule has 2 aromatic heterocycles. The number of amides is 1. The summed E-state index contributed by atoms with van der Waals surface area (Å²) in [5, 5.41) is 4.42. The number of piperidine rings is 1. The summed E-state index contributed by atoms with van der Waals surface area (Å²) in [6.07, 6.45) is 2.08. The summed E-state index contributed by atoms with van der Waals surface area (Å²) in [5.41, 5.74) is 4.15. The minimum absolute atomic E-state index is 0.139. The van der Waals surface area contributed by atoms with E-state index < -0.39 is 0 Å². The number of hydrogen-bond donors (Lipinski definition) is 0. The van der Waals surface area contributed by atoms with Gasteiger partial charge < -0.3 is 9.47 Å². The second-order valence-electron chi connectivity index (χ2n) is 7.28. The Morgan fingerprint density at radius 1 is 1.27 bits per heavy atom. The molecule has 1 aliphatic heterocycles. The first kappa shape index (κ1) is 16.8. The van der Waals surface area contributed by atoms with E-state index in [0.29, 0.717) is 6.54 Å². The minimum Gasteiger partial charge on any atom is -0.340 e. The summed E-state index contributed by atoms with van der Waals surface area (Å²) in [6.45, 7) is 5.81. The molecule has 136 valence electrons. The topological polar surface area (TPSA) is 56.0 Å². The van der Waals surface area contributed by atoms with Crippen LogP contribution in [0.25, 0.3) is 11.0 Å². The molecule has 6 nitrogen and oxygen atoms in total. The highest BCUT2D eigenvalue weighted by Crippen LogP contribution is 2.28. The highest BCUT2D eigenvalue weighted by atomic mass is 16.2. The normalized spacial score (nSPS) is 17.8. The summed E-state index contributed by atoms with van der Waals surface area (Å²) in [6, 6.07) is 10.2. The molecule has 1 amide bonds. The fourth-order valence-corrected chi connectivity index (χ4v) is 4.01. The molecular weight excluding hydrogens is 326 g/mol. The molecule has 4 rings (SSSR count). The molecule has 0 saturated carbocycles. The van der Waals surface area contributed by atoms with Crippen molar-refractivity contribution in [3.8, 4) is 0 Å². The zero-order chi connectivity index (χ0) is 18.3. The van der Waals surface area contributed by atoms with Gasteiger partial charge in [-0.25, -0.2) is 4.98 Å². The van der Waals surface area contributed by atoms with Crippen molar-refractivity contribution in [2.75, 3.05) is 13.1 Å². The van der Waals surface area contributed by atoms with Crippen LogP contribution in [0.1, 0.15) is 36.0 Å². The molecule has 3 heterocycles. The molecule has 3 aromatic rings. The Balaban J connectivity index is 1.52. The van der Waals surface area contributed by atoms with E-state index in [1.807, 2.05) is 43.0 Å². The van der Waals surface area contributed by atoms with E-state index in [1.54, 1.807) is 4.68 Å². The molecule has 0 spiro atoms. The zero-order valence-corrected chi connectivity index (χ0v) is 15.6. The average Bonchev–Trinajstić information content (AvgIpc) is 3.14. The van der Waals surface area contributed by atoms with Crippen LogP contribution in [0.2, 0.25) is 0 Å². The quantitative estimate of drug-likeness (QED) is 0.729. The van der Waals surface area contributed by atoms with E-state index in [-0.39, 0.29) is 11.8 Å². The van der Waals surface area contributed by atoms with Crippen molar-refractivity contribution in [2.45, 2.75) is 39.2 Å². The van der Waals surface area contributed by atoms with Crippen molar-refractivity contribution in [1.82, 2.24) is 24.2 Å². The first-order chi connectivity index (χ1) is 12.5. The van der Waals surface area contributed by atoms with Crippen molar-refractivity contribution in [3.05, 3.63) is 47.5 Å². The van der Waals surface area contributed by atoms with Gasteiger partial charge in [0.25, 0.3) is 0 Å². The van der Waals surface area contributed by atoms with Crippen LogP contribution in [0.4, 0.5) is 0 Å². The largest absolute Gasteiger partial charge is 0.340 e. The van der Waals surface area contributed by atoms with Gasteiger partial charge in [0.05, 0.1) is 16.7 Å². The molecule has 0 bridgehead atoms. The number of nitrogens with zero attached hydrogens (tertiary/aromatic N) is 5. The first-order valence-electron chi connectivity index (χ1n) is 9.23. The number of rotatable bonds is 3. The van der Waals surface area contributed by atoms with E-state index >= 15 is 0 Å². The number of likely N-dealkylation sites (tertiary alicyclic amines) is 1. The fourth-order valence-electron chi connectivity index (χ4n) is 4.01. The van der Waals surface area contributed by atoms with Crippen LogP contribution in [0.15, 0.2) is 30.3 Å². The lowest BCUT2D eigenvalue weighted by molar-refractivity contribution is -0.133. The highest BCUT2D eigenvalue weighted by molar-refractivity contribution is 5.77. The lowest BCUT2D eigenvalue weighted by atomic mass is 9.97. The molecule has 1 aromatic carbocycles. The lowest BCUT2D eigenvalue weighted by Gasteiger charge is -2.32. The number of aryl methyl sites for hydroxylation is 3. The van der Waals surface area contributed by atoms with Crippen molar-refractivity contribution in [3.63, 3.8) is 0 Å². The summed E-state index contributed by atoms with van der Waals surface area (Å²) >= 11 is 0. The van der Waals surface area contributed by atoms with Gasteiger partial charge in [-0.3, -0.25) is 9.48 Å². The maximum atomic E-state index is 12.8. The van der Waals surface area contributed by atoms with Gasteiger partial charge >= 0.3 is 0 Å². The van der Waals surface area contributed by atoms with Crippen LogP contribution in [-0.2, 0) is 18.4 Å². The molecule has 1 saturated heterocycles. The number of benzene rings is 1. The molecule has 1 atom stereocenters. The number of para-hydroxylation sites is 2. The van der Waals surface area contributed by atoms with Crippen LogP contribution in [0.3, 0.4) is 0 Å². The molecule has 26 heavy (non-hydrogen) atoms. The van der Waals surface area contributed by atoms with Crippen LogP contribution < -0.4 is 0 Å². The van der Waals surface area contributed by atoms with Gasteiger partial charge in [-0.2, -0.15) is 5.10 Å². The molecule has 1 aliphatic rings. The molecule has 6 heteroatoms. The Hall–Kier alpha value is -2.63. The summed E-state index contributed by atoms with van der Waals surface area (Å²) in [4.78, 5) is 19.6. The maximum absolute atomic E-state index is 12.8. The van der Waals surface area contributed by atoms with E-state index in [2.05, 4.69) is 22.8 Å². The smallest absolute Gasteiger partial charge is 0.244 e. The Morgan fingerprint density at radius 2 is 2.08 bits per heavy atom. The summed E-state index contributed by atoms with van der Waals surface area (Å²) in [5.74, 6) is 1.50. The maximum Gasteiger partial charge on any atom is 0.244 e. The molecule has 0 radical (unpaired) electrons. The van der Waals surface area contributed by atoms with Gasteiger partial charge in [-0.15, -0.1) is 0 Å². The lowest BCUT2D eigenvalue weighted by Crippen LogP contribution is -2.41. The number of hydrogen-bond acceptors (Lipinski definition) is 3.